The highest BCUT2D eigenvalue weighted by Gasteiger charge is 2.24. The summed E-state index contributed by atoms with van der Waals surface area (Å²) in [6, 6.07) is 0. The van der Waals surface area contributed by atoms with Crippen LogP contribution in [0.15, 0.2) is 23.5 Å². The van der Waals surface area contributed by atoms with E-state index in [1.807, 2.05) is 44.4 Å². The first kappa shape index (κ1) is 20.6. The molecule has 0 atom stereocenters. The van der Waals surface area contributed by atoms with Gasteiger partial charge in [0.25, 0.3) is 0 Å². The number of aromatic nitrogens is 2. The largest absolute Gasteiger partial charge is 0.506 e. The molecule has 0 amide bonds. The average molecular weight is 372 g/mol. The zero-order chi connectivity index (χ0) is 20.3. The average Bonchev–Trinajstić information content (AvgIpc) is 2.84. The van der Waals surface area contributed by atoms with E-state index < -0.39 is 5.97 Å². The van der Waals surface area contributed by atoms with Crippen molar-refractivity contribution >= 4 is 17.0 Å². The number of allylic oxidation sites excluding steroid dienone is 4. The number of ether oxygens (including phenoxy) is 2. The Balaban J connectivity index is 2.61. The Bertz CT molecular complexity index is 936. The number of esters is 1. The third-order valence-corrected chi connectivity index (χ3v) is 4.72. The Kier molecular flexibility index (Phi) is 6.31. The van der Waals surface area contributed by atoms with E-state index in [2.05, 4.69) is 4.98 Å². The number of fused-ring (bicyclic) bond motifs is 1. The molecule has 0 spiro atoms. The van der Waals surface area contributed by atoms with Gasteiger partial charge in [-0.2, -0.15) is 0 Å². The van der Waals surface area contributed by atoms with Crippen molar-refractivity contribution in [3.05, 3.63) is 46.0 Å². The molecular weight excluding hydrogens is 344 g/mol. The number of pyridine rings is 1. The van der Waals surface area contributed by atoms with Crippen LogP contribution in [0.25, 0.3) is 11.0 Å². The van der Waals surface area contributed by atoms with E-state index in [-0.39, 0.29) is 17.9 Å². The summed E-state index contributed by atoms with van der Waals surface area (Å²) >= 11 is 0. The van der Waals surface area contributed by atoms with Gasteiger partial charge in [-0.05, 0) is 53.2 Å². The maximum absolute atomic E-state index is 12.2. The summed E-state index contributed by atoms with van der Waals surface area (Å²) in [5.41, 5.74) is 4.25. The van der Waals surface area contributed by atoms with Crippen molar-refractivity contribution in [2.45, 2.75) is 48.1 Å². The summed E-state index contributed by atoms with van der Waals surface area (Å²) in [7, 11) is 1.64. The van der Waals surface area contributed by atoms with Crippen LogP contribution in [-0.4, -0.2) is 34.3 Å². The molecular formula is C21H28N2O4. The fourth-order valence-corrected chi connectivity index (χ4v) is 3.03. The van der Waals surface area contributed by atoms with Crippen LogP contribution in [0.2, 0.25) is 0 Å². The van der Waals surface area contributed by atoms with Crippen molar-refractivity contribution in [2.75, 3.05) is 13.7 Å². The summed E-state index contributed by atoms with van der Waals surface area (Å²) < 4.78 is 12.3. The number of carbonyl (C=O) groups excluding carboxylic acids is 1. The van der Waals surface area contributed by atoms with Crippen LogP contribution in [0, 0.1) is 20.8 Å². The topological polar surface area (TPSA) is 73.6 Å². The minimum absolute atomic E-state index is 0.0629. The van der Waals surface area contributed by atoms with E-state index in [0.717, 1.165) is 22.6 Å². The second-order valence-electron chi connectivity index (χ2n) is 6.63. The summed E-state index contributed by atoms with van der Waals surface area (Å²) in [6.07, 6.45) is 3.91. The van der Waals surface area contributed by atoms with Gasteiger partial charge in [-0.3, -0.25) is 0 Å². The SMILES string of the molecule is CCOC(=O)c1c(C)nc2c(c(C)c(C)n2C/C(C)=C/C=C(\C)OC)c1O. The number of nitrogens with zero attached hydrogens (tertiary/aromatic N) is 2. The minimum Gasteiger partial charge on any atom is -0.506 e. The molecule has 1 N–H and O–H groups in total. The summed E-state index contributed by atoms with van der Waals surface area (Å²) in [4.78, 5) is 16.9. The Hall–Kier alpha value is -2.76. The standard InChI is InChI=1S/C21H28N2O4/c1-8-27-21(25)18-15(5)22-20-17(19(18)24)14(4)16(6)23(20)11-12(2)9-10-13(3)26-7/h9-10H,8,11H2,1-7H3,(H,22,24)/b12-9+,13-10+. The van der Waals surface area contributed by atoms with Crippen LogP contribution in [0.1, 0.15) is 48.1 Å². The lowest BCUT2D eigenvalue weighted by molar-refractivity contribution is 0.0522. The number of hydrogen-bond donors (Lipinski definition) is 1. The van der Waals surface area contributed by atoms with Gasteiger partial charge in [0.15, 0.2) is 0 Å². The van der Waals surface area contributed by atoms with Crippen molar-refractivity contribution in [3.63, 3.8) is 0 Å². The van der Waals surface area contributed by atoms with Crippen molar-refractivity contribution < 1.29 is 19.4 Å². The van der Waals surface area contributed by atoms with Crippen molar-refractivity contribution in [3.8, 4) is 5.75 Å². The normalized spacial score (nSPS) is 12.6. The van der Waals surface area contributed by atoms with Gasteiger partial charge < -0.3 is 19.1 Å². The smallest absolute Gasteiger partial charge is 0.343 e. The minimum atomic E-state index is -0.553. The molecule has 2 aromatic rings. The molecule has 0 bridgehead atoms. The number of aromatic hydroxyl groups is 1. The predicted molar refractivity (Wildman–Crippen MR) is 106 cm³/mol. The van der Waals surface area contributed by atoms with Crippen molar-refractivity contribution in [2.24, 2.45) is 0 Å². The fraction of sp³-hybridized carbons (Fsp3) is 0.429. The molecule has 0 aromatic carbocycles. The van der Waals surface area contributed by atoms with Crippen LogP contribution >= 0.6 is 0 Å². The van der Waals surface area contributed by atoms with E-state index in [9.17, 15) is 9.90 Å². The second-order valence-corrected chi connectivity index (χ2v) is 6.63. The van der Waals surface area contributed by atoms with Gasteiger partial charge in [-0.15, -0.1) is 0 Å². The van der Waals surface area contributed by atoms with Crippen LogP contribution in [-0.2, 0) is 16.0 Å². The van der Waals surface area contributed by atoms with E-state index in [4.69, 9.17) is 9.47 Å². The number of aryl methyl sites for hydroxylation is 2. The van der Waals surface area contributed by atoms with Gasteiger partial charge in [0, 0.05) is 12.2 Å². The first-order valence-electron chi connectivity index (χ1n) is 8.96. The first-order chi connectivity index (χ1) is 12.7. The molecule has 2 heterocycles. The van der Waals surface area contributed by atoms with E-state index in [1.54, 1.807) is 21.0 Å². The lowest BCUT2D eigenvalue weighted by Crippen LogP contribution is -2.09. The number of methoxy groups -OCH3 is 1. The van der Waals surface area contributed by atoms with E-state index in [0.29, 0.717) is 23.3 Å². The summed E-state index contributed by atoms with van der Waals surface area (Å²) in [6.45, 7) is 12.1. The molecule has 0 radical (unpaired) electrons. The Morgan fingerprint density at radius 2 is 1.89 bits per heavy atom. The summed E-state index contributed by atoms with van der Waals surface area (Å²) in [5, 5.41) is 11.4. The van der Waals surface area contributed by atoms with Crippen LogP contribution in [0.5, 0.6) is 5.75 Å². The highest BCUT2D eigenvalue weighted by molar-refractivity contribution is 6.01. The van der Waals surface area contributed by atoms with Gasteiger partial charge in [0.05, 0.1) is 30.6 Å². The molecule has 0 unspecified atom stereocenters. The molecule has 0 saturated heterocycles. The monoisotopic (exact) mass is 372 g/mol. The van der Waals surface area contributed by atoms with Crippen LogP contribution in [0.3, 0.4) is 0 Å². The highest BCUT2D eigenvalue weighted by atomic mass is 16.5. The van der Waals surface area contributed by atoms with Crippen molar-refractivity contribution in [1.29, 1.82) is 0 Å². The quantitative estimate of drug-likeness (QED) is 0.464. The van der Waals surface area contributed by atoms with Crippen molar-refractivity contribution in [1.82, 2.24) is 9.55 Å². The molecule has 0 aliphatic rings. The maximum Gasteiger partial charge on any atom is 0.343 e. The zero-order valence-electron chi connectivity index (χ0n) is 17.1. The van der Waals surface area contributed by atoms with Gasteiger partial charge in [0.1, 0.15) is 17.0 Å². The van der Waals surface area contributed by atoms with Crippen LogP contribution in [0.4, 0.5) is 0 Å². The Morgan fingerprint density at radius 1 is 1.22 bits per heavy atom. The molecule has 27 heavy (non-hydrogen) atoms. The van der Waals surface area contributed by atoms with Gasteiger partial charge in [0.2, 0.25) is 0 Å². The lowest BCUT2D eigenvalue weighted by atomic mass is 10.1. The molecule has 2 aromatic heterocycles. The molecule has 0 saturated carbocycles. The Labute approximate surface area is 160 Å². The molecule has 146 valence electrons. The van der Waals surface area contributed by atoms with E-state index >= 15 is 0 Å². The molecule has 0 aliphatic heterocycles. The van der Waals surface area contributed by atoms with Gasteiger partial charge in [-0.25, -0.2) is 9.78 Å². The maximum atomic E-state index is 12.2. The fourth-order valence-electron chi connectivity index (χ4n) is 3.03. The van der Waals surface area contributed by atoms with Gasteiger partial charge in [-0.1, -0.05) is 11.6 Å². The number of rotatable bonds is 6. The zero-order valence-corrected chi connectivity index (χ0v) is 17.1. The first-order valence-corrected chi connectivity index (χ1v) is 8.96. The third kappa shape index (κ3) is 3.99. The highest BCUT2D eigenvalue weighted by Crippen LogP contribution is 2.36. The molecule has 0 aliphatic carbocycles. The van der Waals surface area contributed by atoms with Gasteiger partial charge >= 0.3 is 5.97 Å². The molecule has 2 rings (SSSR count). The third-order valence-electron chi connectivity index (χ3n) is 4.72. The van der Waals surface area contributed by atoms with E-state index in [1.165, 1.54) is 0 Å². The van der Waals surface area contributed by atoms with Crippen LogP contribution < -0.4 is 0 Å². The second kappa shape index (κ2) is 8.29. The predicted octanol–water partition coefficient (Wildman–Crippen LogP) is 4.34. The molecule has 0 fully saturated rings. The molecule has 6 heteroatoms. The lowest BCUT2D eigenvalue weighted by Gasteiger charge is -2.11. The Morgan fingerprint density at radius 3 is 2.48 bits per heavy atom. The number of carbonyl (C=O) groups is 1. The summed E-state index contributed by atoms with van der Waals surface area (Å²) in [5.74, 6) is 0.209. The molecule has 6 nitrogen and oxygen atoms in total. The number of hydrogen-bond acceptors (Lipinski definition) is 5.